The topological polar surface area (TPSA) is 67.3 Å². The first-order valence-corrected chi connectivity index (χ1v) is 3.76. The summed E-state index contributed by atoms with van der Waals surface area (Å²) in [4.78, 5) is 24.9. The molecule has 0 fully saturated rings. The zero-order valence-electron chi connectivity index (χ0n) is 7.15. The summed E-state index contributed by atoms with van der Waals surface area (Å²) in [7, 11) is 0. The molecule has 0 amide bonds. The van der Waals surface area contributed by atoms with Gasteiger partial charge in [0.05, 0.1) is 0 Å². The molecule has 1 heterocycles. The smallest absolute Gasteiger partial charge is 0.372 e. The zero-order valence-corrected chi connectivity index (χ0v) is 7.15. The number of carbonyl (C=O) groups excluding carboxylic acids is 1. The number of carboxylic acids is 1. The molecule has 0 spiro atoms. The van der Waals surface area contributed by atoms with Gasteiger partial charge < -0.3 is 5.11 Å². The van der Waals surface area contributed by atoms with Crippen LogP contribution in [0.5, 0.6) is 0 Å². The predicted octanol–water partition coefficient (Wildman–Crippen LogP) is 0.586. The molecule has 0 aliphatic rings. The van der Waals surface area contributed by atoms with Crippen LogP contribution in [0.3, 0.4) is 0 Å². The molecule has 0 atom stereocenters. The van der Waals surface area contributed by atoms with Crippen LogP contribution >= 0.6 is 0 Å². The summed E-state index contributed by atoms with van der Waals surface area (Å²) in [6.45, 7) is 1.84. The van der Waals surface area contributed by atoms with Crippen molar-refractivity contribution in [2.24, 2.45) is 0 Å². The summed E-state index contributed by atoms with van der Waals surface area (Å²) in [5.74, 6) is -2.21. The molecule has 0 saturated heterocycles. The van der Waals surface area contributed by atoms with E-state index in [2.05, 4.69) is 4.98 Å². The number of hydrogen-bond acceptors (Lipinski definition) is 3. The van der Waals surface area contributed by atoms with E-state index in [1.165, 1.54) is 6.20 Å². The Kier molecular flexibility index (Phi) is 2.74. The van der Waals surface area contributed by atoms with E-state index in [4.69, 9.17) is 5.11 Å². The van der Waals surface area contributed by atoms with Crippen molar-refractivity contribution in [3.8, 4) is 0 Å². The number of carboxylic acid groups (broad SMARTS) is 1. The molecule has 0 aliphatic heterocycles. The number of ketones is 1. The normalized spacial score (nSPS) is 9.62. The molecule has 0 saturated carbocycles. The van der Waals surface area contributed by atoms with Gasteiger partial charge in [0.25, 0.3) is 0 Å². The van der Waals surface area contributed by atoms with Crippen LogP contribution in [-0.4, -0.2) is 21.8 Å². The van der Waals surface area contributed by atoms with Crippen molar-refractivity contribution in [3.05, 3.63) is 29.6 Å². The van der Waals surface area contributed by atoms with E-state index in [-0.39, 0.29) is 6.42 Å². The summed E-state index contributed by atoms with van der Waals surface area (Å²) in [5.41, 5.74) is 1.54. The number of nitrogens with zero attached hydrogens (tertiary/aromatic N) is 1. The van der Waals surface area contributed by atoms with Gasteiger partial charge in [-0.2, -0.15) is 0 Å². The third-order valence-electron chi connectivity index (χ3n) is 1.53. The molecule has 0 aromatic carbocycles. The summed E-state index contributed by atoms with van der Waals surface area (Å²) in [5, 5.41) is 8.34. The maximum Gasteiger partial charge on any atom is 0.372 e. The SMILES string of the molecule is Cc1cncc(CC(=O)C(=O)O)c1. The molecular formula is C9H9NO3. The predicted molar refractivity (Wildman–Crippen MR) is 45.3 cm³/mol. The zero-order chi connectivity index (χ0) is 9.84. The van der Waals surface area contributed by atoms with E-state index in [0.717, 1.165) is 5.56 Å². The van der Waals surface area contributed by atoms with Crippen LogP contribution in [0, 0.1) is 6.92 Å². The van der Waals surface area contributed by atoms with Crippen molar-refractivity contribution in [2.75, 3.05) is 0 Å². The van der Waals surface area contributed by atoms with Crippen molar-refractivity contribution in [3.63, 3.8) is 0 Å². The number of Topliss-reactive ketones (excluding diaryl/α,β-unsaturated/α-hetero) is 1. The van der Waals surface area contributed by atoms with Crippen LogP contribution in [0.4, 0.5) is 0 Å². The molecule has 68 valence electrons. The first kappa shape index (κ1) is 9.38. The number of rotatable bonds is 3. The summed E-state index contributed by atoms with van der Waals surface area (Å²) >= 11 is 0. The molecule has 0 aliphatic carbocycles. The average Bonchev–Trinajstić information content (AvgIpc) is 2.04. The maximum atomic E-state index is 10.8. The van der Waals surface area contributed by atoms with E-state index >= 15 is 0 Å². The van der Waals surface area contributed by atoms with Gasteiger partial charge in [0, 0.05) is 18.8 Å². The van der Waals surface area contributed by atoms with Crippen LogP contribution in [0.25, 0.3) is 0 Å². The Morgan fingerprint density at radius 3 is 2.69 bits per heavy atom. The minimum atomic E-state index is -1.40. The molecule has 0 bridgehead atoms. The summed E-state index contributed by atoms with van der Waals surface area (Å²) in [6.07, 6.45) is 3.05. The minimum Gasteiger partial charge on any atom is -0.475 e. The molecule has 0 radical (unpaired) electrons. The number of aryl methyl sites for hydroxylation is 1. The van der Waals surface area contributed by atoms with Crippen LogP contribution in [0.2, 0.25) is 0 Å². The fourth-order valence-corrected chi connectivity index (χ4v) is 0.975. The maximum absolute atomic E-state index is 10.8. The Labute approximate surface area is 75.2 Å². The Balaban J connectivity index is 2.75. The molecule has 13 heavy (non-hydrogen) atoms. The highest BCUT2D eigenvalue weighted by atomic mass is 16.4. The average molecular weight is 179 g/mol. The van der Waals surface area contributed by atoms with Crippen LogP contribution < -0.4 is 0 Å². The molecule has 0 unspecified atom stereocenters. The second kappa shape index (κ2) is 3.80. The number of aromatic nitrogens is 1. The Bertz CT molecular complexity index is 346. The number of pyridine rings is 1. The van der Waals surface area contributed by atoms with Gasteiger partial charge in [0.15, 0.2) is 0 Å². The fraction of sp³-hybridized carbons (Fsp3) is 0.222. The fourth-order valence-electron chi connectivity index (χ4n) is 0.975. The Hall–Kier alpha value is -1.71. The second-order valence-electron chi connectivity index (χ2n) is 2.78. The Morgan fingerprint density at radius 2 is 2.15 bits per heavy atom. The molecule has 4 heteroatoms. The minimum absolute atomic E-state index is 0.0932. The lowest BCUT2D eigenvalue weighted by Gasteiger charge is -1.97. The lowest BCUT2D eigenvalue weighted by Crippen LogP contribution is -2.15. The number of carbonyl (C=O) groups is 2. The summed E-state index contributed by atoms with van der Waals surface area (Å²) < 4.78 is 0. The van der Waals surface area contributed by atoms with E-state index in [1.54, 1.807) is 12.3 Å². The highest BCUT2D eigenvalue weighted by molar-refractivity contribution is 6.33. The molecular weight excluding hydrogens is 170 g/mol. The first-order valence-electron chi connectivity index (χ1n) is 3.76. The molecule has 1 rings (SSSR count). The molecule has 1 N–H and O–H groups in total. The number of aliphatic carboxylic acids is 1. The largest absolute Gasteiger partial charge is 0.475 e. The van der Waals surface area contributed by atoms with Crippen LogP contribution in [-0.2, 0) is 16.0 Å². The first-order chi connectivity index (χ1) is 6.09. The highest BCUT2D eigenvalue weighted by Gasteiger charge is 2.11. The van der Waals surface area contributed by atoms with Crippen molar-refractivity contribution in [2.45, 2.75) is 13.3 Å². The Morgan fingerprint density at radius 1 is 1.46 bits per heavy atom. The van der Waals surface area contributed by atoms with E-state index < -0.39 is 11.8 Å². The van der Waals surface area contributed by atoms with Crippen molar-refractivity contribution >= 4 is 11.8 Å². The van der Waals surface area contributed by atoms with Crippen molar-refractivity contribution in [1.82, 2.24) is 4.98 Å². The van der Waals surface area contributed by atoms with Gasteiger partial charge in [-0.1, -0.05) is 6.07 Å². The van der Waals surface area contributed by atoms with Crippen molar-refractivity contribution in [1.29, 1.82) is 0 Å². The van der Waals surface area contributed by atoms with Gasteiger partial charge in [-0.15, -0.1) is 0 Å². The van der Waals surface area contributed by atoms with Gasteiger partial charge >= 0.3 is 5.97 Å². The van der Waals surface area contributed by atoms with Crippen LogP contribution in [0.1, 0.15) is 11.1 Å². The third-order valence-corrected chi connectivity index (χ3v) is 1.53. The monoisotopic (exact) mass is 179 g/mol. The lowest BCUT2D eigenvalue weighted by atomic mass is 10.1. The number of hydrogen-bond donors (Lipinski definition) is 1. The van der Waals surface area contributed by atoms with Crippen LogP contribution in [0.15, 0.2) is 18.5 Å². The van der Waals surface area contributed by atoms with E-state index in [9.17, 15) is 9.59 Å². The van der Waals surface area contributed by atoms with E-state index in [1.807, 2.05) is 6.92 Å². The standard InChI is InChI=1S/C9H9NO3/c1-6-2-7(5-10-4-6)3-8(11)9(12)13/h2,4-5H,3H2,1H3,(H,12,13). The van der Waals surface area contributed by atoms with Gasteiger partial charge in [0.1, 0.15) is 0 Å². The molecule has 1 aromatic rings. The third kappa shape index (κ3) is 2.66. The molecule has 1 aromatic heterocycles. The van der Waals surface area contributed by atoms with Gasteiger partial charge in [-0.25, -0.2) is 4.79 Å². The van der Waals surface area contributed by atoms with E-state index in [0.29, 0.717) is 5.56 Å². The van der Waals surface area contributed by atoms with Gasteiger partial charge in [0.2, 0.25) is 5.78 Å². The second-order valence-corrected chi connectivity index (χ2v) is 2.78. The molecule has 4 nitrogen and oxygen atoms in total. The lowest BCUT2D eigenvalue weighted by molar-refractivity contribution is -0.148. The van der Waals surface area contributed by atoms with Gasteiger partial charge in [-0.3, -0.25) is 9.78 Å². The highest BCUT2D eigenvalue weighted by Crippen LogP contribution is 2.02. The quantitative estimate of drug-likeness (QED) is 0.689. The van der Waals surface area contributed by atoms with Crippen molar-refractivity contribution < 1.29 is 14.7 Å². The summed E-state index contributed by atoms with van der Waals surface area (Å²) in [6, 6.07) is 1.74. The van der Waals surface area contributed by atoms with Gasteiger partial charge in [-0.05, 0) is 18.1 Å².